The van der Waals surface area contributed by atoms with Crippen molar-refractivity contribution in [1.82, 2.24) is 0 Å². The molecule has 0 bridgehead atoms. The molecule has 0 spiro atoms. The van der Waals surface area contributed by atoms with Gasteiger partial charge >= 0.3 is 0 Å². The molecule has 1 nitrogen and oxygen atoms in total. The number of hydrogen-bond acceptors (Lipinski definition) is 1. The van der Waals surface area contributed by atoms with E-state index in [0.717, 1.165) is 23.0 Å². The first-order valence-electron chi connectivity index (χ1n) is 4.64. The van der Waals surface area contributed by atoms with Gasteiger partial charge in [-0.25, -0.2) is 0 Å². The van der Waals surface area contributed by atoms with Crippen LogP contribution in [-0.4, -0.2) is 6.29 Å². The highest BCUT2D eigenvalue weighted by atomic mass is 16.1. The maximum atomic E-state index is 10.5. The van der Waals surface area contributed by atoms with E-state index in [4.69, 9.17) is 0 Å². The standard InChI is InChI=1S/C13H14O/c1-3-6-13-11(4-2)7-5-8-12(13)9-10-14/h3-8,10H,2,9H2,1H3/b6-3-. The molecule has 0 saturated heterocycles. The summed E-state index contributed by atoms with van der Waals surface area (Å²) in [6.45, 7) is 5.72. The van der Waals surface area contributed by atoms with Gasteiger partial charge in [0.15, 0.2) is 0 Å². The van der Waals surface area contributed by atoms with Gasteiger partial charge in [-0.3, -0.25) is 0 Å². The lowest BCUT2D eigenvalue weighted by atomic mass is 9.99. The number of aldehydes is 1. The number of carbonyl (C=O) groups is 1. The zero-order chi connectivity index (χ0) is 10.4. The first kappa shape index (κ1) is 10.5. The van der Waals surface area contributed by atoms with Gasteiger partial charge in [-0.1, -0.05) is 43.0 Å². The van der Waals surface area contributed by atoms with Crippen molar-refractivity contribution >= 4 is 18.4 Å². The molecule has 0 saturated carbocycles. The fraction of sp³-hybridized carbons (Fsp3) is 0.154. The predicted octanol–water partition coefficient (Wildman–Crippen LogP) is 3.10. The van der Waals surface area contributed by atoms with Crippen LogP contribution in [0.5, 0.6) is 0 Å². The molecular weight excluding hydrogens is 172 g/mol. The van der Waals surface area contributed by atoms with Gasteiger partial charge in [0.1, 0.15) is 6.29 Å². The minimum absolute atomic E-state index is 0.460. The van der Waals surface area contributed by atoms with Crippen LogP contribution in [0.1, 0.15) is 23.6 Å². The molecule has 72 valence electrons. The van der Waals surface area contributed by atoms with Crippen LogP contribution < -0.4 is 0 Å². The second-order valence-corrected chi connectivity index (χ2v) is 2.99. The van der Waals surface area contributed by atoms with E-state index in [1.54, 1.807) is 0 Å². The molecule has 0 fully saturated rings. The Balaban J connectivity index is 3.26. The zero-order valence-corrected chi connectivity index (χ0v) is 8.36. The predicted molar refractivity (Wildman–Crippen MR) is 61.0 cm³/mol. The molecule has 0 amide bonds. The number of hydrogen-bond donors (Lipinski definition) is 0. The largest absolute Gasteiger partial charge is 0.303 e. The highest BCUT2D eigenvalue weighted by Gasteiger charge is 2.01. The molecule has 0 radical (unpaired) electrons. The Kier molecular flexibility index (Phi) is 3.86. The van der Waals surface area contributed by atoms with E-state index >= 15 is 0 Å². The molecule has 0 aromatic heterocycles. The molecule has 0 aliphatic carbocycles. The van der Waals surface area contributed by atoms with Crippen LogP contribution in [-0.2, 0) is 11.2 Å². The molecule has 0 aliphatic rings. The van der Waals surface area contributed by atoms with Gasteiger partial charge < -0.3 is 4.79 Å². The monoisotopic (exact) mass is 186 g/mol. The Bertz CT molecular complexity index is 361. The van der Waals surface area contributed by atoms with E-state index in [1.807, 2.05) is 43.4 Å². The van der Waals surface area contributed by atoms with Crippen LogP contribution in [0, 0.1) is 0 Å². The maximum absolute atomic E-state index is 10.5. The topological polar surface area (TPSA) is 17.1 Å². The van der Waals surface area contributed by atoms with Crippen LogP contribution in [0.2, 0.25) is 0 Å². The van der Waals surface area contributed by atoms with Crippen LogP contribution in [0.4, 0.5) is 0 Å². The minimum Gasteiger partial charge on any atom is -0.303 e. The maximum Gasteiger partial charge on any atom is 0.124 e. The first-order valence-corrected chi connectivity index (χ1v) is 4.64. The summed E-state index contributed by atoms with van der Waals surface area (Å²) < 4.78 is 0. The third-order valence-electron chi connectivity index (χ3n) is 2.09. The lowest BCUT2D eigenvalue weighted by Crippen LogP contribution is -1.92. The third-order valence-corrected chi connectivity index (χ3v) is 2.09. The van der Waals surface area contributed by atoms with Crippen molar-refractivity contribution in [2.75, 3.05) is 0 Å². The number of allylic oxidation sites excluding steroid dienone is 1. The highest BCUT2D eigenvalue weighted by Crippen LogP contribution is 2.18. The van der Waals surface area contributed by atoms with E-state index in [0.29, 0.717) is 6.42 Å². The van der Waals surface area contributed by atoms with Gasteiger partial charge in [0, 0.05) is 6.42 Å². The summed E-state index contributed by atoms with van der Waals surface area (Å²) in [6.07, 6.45) is 7.17. The zero-order valence-electron chi connectivity index (χ0n) is 8.36. The van der Waals surface area contributed by atoms with Crippen molar-refractivity contribution in [3.8, 4) is 0 Å². The van der Waals surface area contributed by atoms with E-state index in [2.05, 4.69) is 6.58 Å². The number of benzene rings is 1. The second kappa shape index (κ2) is 5.18. The van der Waals surface area contributed by atoms with Crippen molar-refractivity contribution < 1.29 is 4.79 Å². The lowest BCUT2D eigenvalue weighted by molar-refractivity contribution is -0.107. The Morgan fingerprint density at radius 2 is 2.21 bits per heavy atom. The van der Waals surface area contributed by atoms with Crippen molar-refractivity contribution in [1.29, 1.82) is 0 Å². The minimum atomic E-state index is 0.460. The van der Waals surface area contributed by atoms with Crippen molar-refractivity contribution in [2.24, 2.45) is 0 Å². The molecule has 1 heteroatoms. The third kappa shape index (κ3) is 2.19. The molecular formula is C13H14O. The number of carbonyl (C=O) groups excluding carboxylic acids is 1. The molecule has 0 unspecified atom stereocenters. The Hall–Kier alpha value is -1.63. The van der Waals surface area contributed by atoms with Crippen molar-refractivity contribution in [2.45, 2.75) is 13.3 Å². The van der Waals surface area contributed by atoms with Gasteiger partial charge in [0.25, 0.3) is 0 Å². The molecule has 0 atom stereocenters. The summed E-state index contributed by atoms with van der Waals surface area (Å²) in [5, 5.41) is 0. The summed E-state index contributed by atoms with van der Waals surface area (Å²) in [6, 6.07) is 5.91. The Morgan fingerprint density at radius 1 is 1.43 bits per heavy atom. The highest BCUT2D eigenvalue weighted by molar-refractivity contribution is 5.70. The van der Waals surface area contributed by atoms with Gasteiger partial charge in [0.05, 0.1) is 0 Å². The smallest absolute Gasteiger partial charge is 0.124 e. The molecule has 0 heterocycles. The van der Waals surface area contributed by atoms with Crippen LogP contribution in [0.3, 0.4) is 0 Å². The Labute approximate surface area is 84.8 Å². The van der Waals surface area contributed by atoms with E-state index in [9.17, 15) is 4.79 Å². The van der Waals surface area contributed by atoms with Crippen LogP contribution >= 0.6 is 0 Å². The molecule has 1 aromatic rings. The van der Waals surface area contributed by atoms with Gasteiger partial charge in [0.2, 0.25) is 0 Å². The first-order chi connectivity index (χ1) is 6.83. The van der Waals surface area contributed by atoms with Crippen LogP contribution in [0.15, 0.2) is 30.9 Å². The Morgan fingerprint density at radius 3 is 2.79 bits per heavy atom. The van der Waals surface area contributed by atoms with Gasteiger partial charge in [-0.05, 0) is 23.6 Å². The fourth-order valence-electron chi connectivity index (χ4n) is 1.45. The van der Waals surface area contributed by atoms with E-state index in [-0.39, 0.29) is 0 Å². The van der Waals surface area contributed by atoms with Gasteiger partial charge in [-0.15, -0.1) is 0 Å². The van der Waals surface area contributed by atoms with Crippen molar-refractivity contribution in [3.63, 3.8) is 0 Å². The summed E-state index contributed by atoms with van der Waals surface area (Å²) in [7, 11) is 0. The van der Waals surface area contributed by atoms with Crippen molar-refractivity contribution in [3.05, 3.63) is 47.5 Å². The SMILES string of the molecule is C=Cc1cccc(CC=O)c1/C=C\C. The molecule has 0 N–H and O–H groups in total. The lowest BCUT2D eigenvalue weighted by Gasteiger charge is -2.06. The van der Waals surface area contributed by atoms with E-state index < -0.39 is 0 Å². The molecule has 0 aliphatic heterocycles. The molecule has 1 aromatic carbocycles. The quantitative estimate of drug-likeness (QED) is 0.660. The molecule has 1 rings (SSSR count). The molecule has 14 heavy (non-hydrogen) atoms. The summed E-state index contributed by atoms with van der Waals surface area (Å²) >= 11 is 0. The van der Waals surface area contributed by atoms with Crippen LogP contribution in [0.25, 0.3) is 12.2 Å². The normalized spacial score (nSPS) is 10.4. The summed E-state index contributed by atoms with van der Waals surface area (Å²) in [5.41, 5.74) is 3.22. The average molecular weight is 186 g/mol. The number of rotatable bonds is 4. The average Bonchev–Trinajstić information content (AvgIpc) is 2.21. The summed E-state index contributed by atoms with van der Waals surface area (Å²) in [5.74, 6) is 0. The fourth-order valence-corrected chi connectivity index (χ4v) is 1.45. The van der Waals surface area contributed by atoms with E-state index in [1.165, 1.54) is 0 Å². The second-order valence-electron chi connectivity index (χ2n) is 2.99. The van der Waals surface area contributed by atoms with Gasteiger partial charge in [-0.2, -0.15) is 0 Å². The summed E-state index contributed by atoms with van der Waals surface area (Å²) in [4.78, 5) is 10.5.